The van der Waals surface area contributed by atoms with Crippen LogP contribution in [-0.2, 0) is 0 Å². The number of halogens is 2. The standard InChI is InChI=1S/C15H12FIN2O/c16-11-6-3-4-9-8-13(20-15(9)11)14(19-18)10-5-1-2-7-12(10)17/h1-8,14,19H,18H2. The average Bonchev–Trinajstić information content (AvgIpc) is 2.87. The van der Waals surface area contributed by atoms with Crippen molar-refractivity contribution in [3.8, 4) is 0 Å². The molecule has 0 aliphatic carbocycles. The van der Waals surface area contributed by atoms with Crippen molar-refractivity contribution >= 4 is 33.6 Å². The molecule has 1 unspecified atom stereocenters. The molecule has 5 heteroatoms. The number of nitrogens with one attached hydrogen (secondary N) is 1. The molecule has 0 bridgehead atoms. The monoisotopic (exact) mass is 382 g/mol. The summed E-state index contributed by atoms with van der Waals surface area (Å²) in [5, 5.41) is 0.728. The molecule has 0 saturated heterocycles. The third kappa shape index (κ3) is 2.32. The summed E-state index contributed by atoms with van der Waals surface area (Å²) >= 11 is 2.24. The topological polar surface area (TPSA) is 51.2 Å². The number of furan rings is 1. The Hall–Kier alpha value is -1.44. The summed E-state index contributed by atoms with van der Waals surface area (Å²) in [6.45, 7) is 0. The van der Waals surface area contributed by atoms with Gasteiger partial charge in [0.2, 0.25) is 0 Å². The Kier molecular flexibility index (Phi) is 3.73. The first-order valence-corrected chi connectivity index (χ1v) is 7.17. The summed E-state index contributed by atoms with van der Waals surface area (Å²) in [6, 6.07) is 14.2. The Morgan fingerprint density at radius 2 is 1.95 bits per heavy atom. The molecule has 0 saturated carbocycles. The Bertz CT molecular complexity index is 756. The molecule has 3 nitrogen and oxygen atoms in total. The van der Waals surface area contributed by atoms with E-state index in [2.05, 4.69) is 28.0 Å². The normalized spacial score (nSPS) is 12.8. The van der Waals surface area contributed by atoms with Crippen LogP contribution in [0.25, 0.3) is 11.0 Å². The van der Waals surface area contributed by atoms with Crippen molar-refractivity contribution in [1.82, 2.24) is 5.43 Å². The third-order valence-electron chi connectivity index (χ3n) is 3.18. The molecular formula is C15H12FIN2O. The number of fused-ring (bicyclic) bond motifs is 1. The predicted octanol–water partition coefficient (Wildman–Crippen LogP) is 3.73. The molecule has 1 aromatic heterocycles. The molecule has 102 valence electrons. The van der Waals surface area contributed by atoms with Crippen LogP contribution in [0.2, 0.25) is 0 Å². The van der Waals surface area contributed by atoms with Gasteiger partial charge in [0.05, 0.1) is 0 Å². The maximum Gasteiger partial charge on any atom is 0.169 e. The van der Waals surface area contributed by atoms with Crippen molar-refractivity contribution in [2.24, 2.45) is 5.84 Å². The molecule has 0 fully saturated rings. The second-order valence-corrected chi connectivity index (χ2v) is 5.59. The van der Waals surface area contributed by atoms with Gasteiger partial charge < -0.3 is 4.42 Å². The lowest BCUT2D eigenvalue weighted by atomic mass is 10.1. The van der Waals surface area contributed by atoms with E-state index >= 15 is 0 Å². The van der Waals surface area contributed by atoms with Gasteiger partial charge >= 0.3 is 0 Å². The van der Waals surface area contributed by atoms with Crippen molar-refractivity contribution in [3.63, 3.8) is 0 Å². The van der Waals surface area contributed by atoms with E-state index in [1.54, 1.807) is 6.07 Å². The lowest BCUT2D eigenvalue weighted by molar-refractivity contribution is 0.464. The van der Waals surface area contributed by atoms with Gasteiger partial charge in [0.15, 0.2) is 11.4 Å². The van der Waals surface area contributed by atoms with Crippen LogP contribution in [0, 0.1) is 9.39 Å². The molecule has 3 rings (SSSR count). The minimum absolute atomic E-state index is 0.258. The molecule has 0 amide bonds. The fraction of sp³-hybridized carbons (Fsp3) is 0.0667. The van der Waals surface area contributed by atoms with Gasteiger partial charge in [-0.3, -0.25) is 5.84 Å². The molecule has 1 atom stereocenters. The highest BCUT2D eigenvalue weighted by Crippen LogP contribution is 2.31. The zero-order chi connectivity index (χ0) is 14.1. The largest absolute Gasteiger partial charge is 0.456 e. The zero-order valence-electron chi connectivity index (χ0n) is 10.4. The van der Waals surface area contributed by atoms with Gasteiger partial charge in [0, 0.05) is 8.96 Å². The van der Waals surface area contributed by atoms with Crippen LogP contribution in [-0.4, -0.2) is 0 Å². The molecular weight excluding hydrogens is 370 g/mol. The van der Waals surface area contributed by atoms with Crippen LogP contribution < -0.4 is 11.3 Å². The Labute approximate surface area is 129 Å². The fourth-order valence-corrected chi connectivity index (χ4v) is 2.92. The van der Waals surface area contributed by atoms with Crippen LogP contribution >= 0.6 is 22.6 Å². The van der Waals surface area contributed by atoms with E-state index in [-0.39, 0.29) is 17.4 Å². The highest BCUT2D eigenvalue weighted by atomic mass is 127. The fourth-order valence-electron chi connectivity index (χ4n) is 2.22. The average molecular weight is 382 g/mol. The third-order valence-corrected chi connectivity index (χ3v) is 4.16. The number of hydrazine groups is 1. The number of hydrogen-bond acceptors (Lipinski definition) is 3. The first-order chi connectivity index (χ1) is 9.70. The number of rotatable bonds is 3. The summed E-state index contributed by atoms with van der Waals surface area (Å²) < 4.78 is 20.4. The van der Waals surface area contributed by atoms with Gasteiger partial charge in [0.1, 0.15) is 11.8 Å². The van der Waals surface area contributed by atoms with Crippen LogP contribution in [0.15, 0.2) is 52.9 Å². The van der Waals surface area contributed by atoms with E-state index in [1.165, 1.54) is 6.07 Å². The van der Waals surface area contributed by atoms with Crippen LogP contribution in [0.1, 0.15) is 17.4 Å². The molecule has 0 radical (unpaired) electrons. The van der Waals surface area contributed by atoms with Crippen molar-refractivity contribution in [2.75, 3.05) is 0 Å². The van der Waals surface area contributed by atoms with E-state index < -0.39 is 0 Å². The Balaban J connectivity index is 2.12. The quantitative estimate of drug-likeness (QED) is 0.412. The summed E-state index contributed by atoms with van der Waals surface area (Å²) in [4.78, 5) is 0. The van der Waals surface area contributed by atoms with E-state index in [1.807, 2.05) is 36.4 Å². The summed E-state index contributed by atoms with van der Waals surface area (Å²) in [7, 11) is 0. The van der Waals surface area contributed by atoms with E-state index in [9.17, 15) is 4.39 Å². The molecule has 0 aliphatic heterocycles. The van der Waals surface area contributed by atoms with Crippen molar-refractivity contribution in [1.29, 1.82) is 0 Å². The molecule has 0 aliphatic rings. The number of nitrogens with two attached hydrogens (primary N) is 1. The van der Waals surface area contributed by atoms with E-state index in [0.717, 1.165) is 14.5 Å². The first-order valence-electron chi connectivity index (χ1n) is 6.09. The maximum atomic E-state index is 13.7. The number of benzene rings is 2. The van der Waals surface area contributed by atoms with E-state index in [4.69, 9.17) is 10.3 Å². The number of para-hydroxylation sites is 1. The van der Waals surface area contributed by atoms with Crippen LogP contribution in [0.5, 0.6) is 0 Å². The molecule has 2 aromatic carbocycles. The van der Waals surface area contributed by atoms with Crippen molar-refractivity contribution in [2.45, 2.75) is 6.04 Å². The second-order valence-electron chi connectivity index (χ2n) is 4.43. The summed E-state index contributed by atoms with van der Waals surface area (Å²) in [5.41, 5.74) is 3.99. The summed E-state index contributed by atoms with van der Waals surface area (Å²) in [6.07, 6.45) is 0. The van der Waals surface area contributed by atoms with Gasteiger partial charge in [-0.15, -0.1) is 0 Å². The minimum atomic E-state index is -0.368. The molecule has 20 heavy (non-hydrogen) atoms. The molecule has 3 aromatic rings. The number of hydrogen-bond donors (Lipinski definition) is 2. The van der Waals surface area contributed by atoms with Crippen molar-refractivity contribution < 1.29 is 8.81 Å². The van der Waals surface area contributed by atoms with Gasteiger partial charge in [-0.05, 0) is 46.4 Å². The Morgan fingerprint density at radius 3 is 2.65 bits per heavy atom. The Morgan fingerprint density at radius 1 is 1.15 bits per heavy atom. The van der Waals surface area contributed by atoms with Crippen LogP contribution in [0.4, 0.5) is 4.39 Å². The first kappa shape index (κ1) is 13.5. The smallest absolute Gasteiger partial charge is 0.169 e. The highest BCUT2D eigenvalue weighted by molar-refractivity contribution is 14.1. The molecule has 1 heterocycles. The van der Waals surface area contributed by atoms with E-state index in [0.29, 0.717) is 5.76 Å². The van der Waals surface area contributed by atoms with Crippen molar-refractivity contribution in [3.05, 3.63) is 69.2 Å². The SMILES string of the molecule is NNC(c1cc2cccc(F)c2o1)c1ccccc1I. The lowest BCUT2D eigenvalue weighted by Gasteiger charge is -2.15. The van der Waals surface area contributed by atoms with Gasteiger partial charge in [-0.25, -0.2) is 9.82 Å². The van der Waals surface area contributed by atoms with Gasteiger partial charge in [-0.2, -0.15) is 0 Å². The second kappa shape index (κ2) is 5.51. The van der Waals surface area contributed by atoms with Crippen LogP contribution in [0.3, 0.4) is 0 Å². The lowest BCUT2D eigenvalue weighted by Crippen LogP contribution is -2.29. The maximum absolute atomic E-state index is 13.7. The molecule has 0 spiro atoms. The predicted molar refractivity (Wildman–Crippen MR) is 84.5 cm³/mol. The molecule has 3 N–H and O–H groups in total. The zero-order valence-corrected chi connectivity index (χ0v) is 12.6. The van der Waals surface area contributed by atoms with Gasteiger partial charge in [0.25, 0.3) is 0 Å². The highest BCUT2D eigenvalue weighted by Gasteiger charge is 2.20. The summed E-state index contributed by atoms with van der Waals surface area (Å²) in [5.74, 6) is 5.88. The minimum Gasteiger partial charge on any atom is -0.456 e. The van der Waals surface area contributed by atoms with Gasteiger partial charge in [-0.1, -0.05) is 30.3 Å².